The normalized spacial score (nSPS) is 15.3. The standard InChI is InChI=1S/C17H19F2N5O3/c18-16(19)12-23-17(25)9-15(10-20-23)22-7-5-21(6-8-22)11-13-1-3-14(4-2-13)24(26)27/h1-4,9-10,16H,5-8,11-12H2. The molecule has 0 spiro atoms. The van der Waals surface area contributed by atoms with Gasteiger partial charge in [0.1, 0.15) is 6.54 Å². The summed E-state index contributed by atoms with van der Waals surface area (Å²) >= 11 is 0. The van der Waals surface area contributed by atoms with E-state index in [0.717, 1.165) is 23.3 Å². The Kier molecular flexibility index (Phi) is 5.75. The number of nitrogens with zero attached hydrogens (tertiary/aromatic N) is 5. The van der Waals surface area contributed by atoms with Crippen LogP contribution in [0.5, 0.6) is 0 Å². The molecule has 1 aromatic heterocycles. The highest BCUT2D eigenvalue weighted by Gasteiger charge is 2.19. The summed E-state index contributed by atoms with van der Waals surface area (Å²) in [6, 6.07) is 7.81. The van der Waals surface area contributed by atoms with E-state index in [4.69, 9.17) is 0 Å². The van der Waals surface area contributed by atoms with Gasteiger partial charge in [0.05, 0.1) is 16.8 Å². The number of halogens is 2. The van der Waals surface area contributed by atoms with Gasteiger partial charge in [-0.3, -0.25) is 19.8 Å². The minimum absolute atomic E-state index is 0.0673. The van der Waals surface area contributed by atoms with Crippen molar-refractivity contribution in [1.29, 1.82) is 0 Å². The number of non-ortho nitro benzene ring substituents is 1. The number of hydrogen-bond acceptors (Lipinski definition) is 6. The first-order chi connectivity index (χ1) is 12.9. The smallest absolute Gasteiger partial charge is 0.269 e. The second-order valence-corrected chi connectivity index (χ2v) is 6.31. The molecule has 0 saturated carbocycles. The van der Waals surface area contributed by atoms with E-state index in [0.29, 0.717) is 25.3 Å². The molecule has 27 heavy (non-hydrogen) atoms. The maximum Gasteiger partial charge on any atom is 0.269 e. The predicted molar refractivity (Wildman–Crippen MR) is 95.1 cm³/mol. The van der Waals surface area contributed by atoms with Gasteiger partial charge < -0.3 is 4.90 Å². The molecule has 1 aliphatic heterocycles. The summed E-state index contributed by atoms with van der Waals surface area (Å²) in [5.41, 5.74) is 1.14. The molecule has 8 nitrogen and oxygen atoms in total. The number of hydrogen-bond donors (Lipinski definition) is 0. The zero-order valence-electron chi connectivity index (χ0n) is 14.5. The second kappa shape index (κ2) is 8.21. The molecule has 1 aliphatic rings. The van der Waals surface area contributed by atoms with E-state index in [1.165, 1.54) is 24.4 Å². The minimum atomic E-state index is -2.62. The average Bonchev–Trinajstić information content (AvgIpc) is 2.64. The van der Waals surface area contributed by atoms with E-state index in [2.05, 4.69) is 10.00 Å². The number of rotatable bonds is 6. The molecule has 2 aromatic rings. The summed E-state index contributed by atoms with van der Waals surface area (Å²) < 4.78 is 25.5. The van der Waals surface area contributed by atoms with E-state index >= 15 is 0 Å². The molecular weight excluding hydrogens is 360 g/mol. The largest absolute Gasteiger partial charge is 0.368 e. The molecule has 0 N–H and O–H groups in total. The molecule has 0 bridgehead atoms. The average molecular weight is 379 g/mol. The van der Waals surface area contributed by atoms with Gasteiger partial charge in [-0.2, -0.15) is 5.10 Å². The third-order valence-corrected chi connectivity index (χ3v) is 4.46. The molecular formula is C17H19F2N5O3. The lowest BCUT2D eigenvalue weighted by atomic mass is 10.2. The van der Waals surface area contributed by atoms with Crippen molar-refractivity contribution < 1.29 is 13.7 Å². The van der Waals surface area contributed by atoms with Gasteiger partial charge in [0.15, 0.2) is 0 Å². The van der Waals surface area contributed by atoms with Crippen molar-refractivity contribution in [2.75, 3.05) is 31.1 Å². The lowest BCUT2D eigenvalue weighted by Gasteiger charge is -2.35. The molecule has 2 heterocycles. The first-order valence-corrected chi connectivity index (χ1v) is 8.48. The Morgan fingerprint density at radius 3 is 2.37 bits per heavy atom. The van der Waals surface area contributed by atoms with Crippen LogP contribution in [-0.4, -0.2) is 52.2 Å². The van der Waals surface area contributed by atoms with E-state index in [1.807, 2.05) is 4.90 Å². The summed E-state index contributed by atoms with van der Waals surface area (Å²) in [4.78, 5) is 26.4. The van der Waals surface area contributed by atoms with Crippen LogP contribution in [0.4, 0.5) is 20.2 Å². The lowest BCUT2D eigenvalue weighted by molar-refractivity contribution is -0.384. The zero-order valence-corrected chi connectivity index (χ0v) is 14.5. The van der Waals surface area contributed by atoms with Crippen molar-refractivity contribution in [1.82, 2.24) is 14.7 Å². The number of nitro benzene ring substituents is 1. The first kappa shape index (κ1) is 18.9. The molecule has 1 aromatic carbocycles. The monoisotopic (exact) mass is 379 g/mol. The molecule has 0 aliphatic carbocycles. The second-order valence-electron chi connectivity index (χ2n) is 6.31. The third-order valence-electron chi connectivity index (χ3n) is 4.46. The molecule has 0 unspecified atom stereocenters. The van der Waals surface area contributed by atoms with Gasteiger partial charge in [0.25, 0.3) is 17.7 Å². The summed E-state index contributed by atoms with van der Waals surface area (Å²) in [6.45, 7) is 2.82. The topological polar surface area (TPSA) is 84.5 Å². The Hall–Kier alpha value is -2.88. The maximum atomic E-state index is 12.4. The number of aromatic nitrogens is 2. The van der Waals surface area contributed by atoms with Gasteiger partial charge in [-0.1, -0.05) is 12.1 Å². The fourth-order valence-electron chi connectivity index (χ4n) is 3.01. The Morgan fingerprint density at radius 1 is 1.15 bits per heavy atom. The number of alkyl halides is 2. The van der Waals surface area contributed by atoms with Crippen molar-refractivity contribution in [2.24, 2.45) is 0 Å². The fourth-order valence-corrected chi connectivity index (χ4v) is 3.01. The van der Waals surface area contributed by atoms with Gasteiger partial charge in [-0.05, 0) is 5.56 Å². The van der Waals surface area contributed by atoms with Crippen molar-refractivity contribution >= 4 is 11.4 Å². The molecule has 0 radical (unpaired) electrons. The summed E-state index contributed by atoms with van der Waals surface area (Å²) in [6.07, 6.45) is -1.18. The fraction of sp³-hybridized carbons (Fsp3) is 0.412. The Labute approximate surface area is 153 Å². The molecule has 1 saturated heterocycles. The van der Waals surface area contributed by atoms with E-state index in [1.54, 1.807) is 12.1 Å². The Bertz CT molecular complexity index is 848. The SMILES string of the molecule is O=c1cc(N2CCN(Cc3ccc([N+](=O)[O-])cc3)CC2)cnn1CC(F)F. The van der Waals surface area contributed by atoms with Crippen molar-refractivity contribution in [3.8, 4) is 0 Å². The highest BCUT2D eigenvalue weighted by atomic mass is 19.3. The summed E-state index contributed by atoms with van der Waals surface area (Å²) in [5, 5.41) is 14.5. The van der Waals surface area contributed by atoms with Crippen molar-refractivity contribution in [3.05, 3.63) is 62.6 Å². The van der Waals surface area contributed by atoms with Crippen LogP contribution in [-0.2, 0) is 13.1 Å². The van der Waals surface area contributed by atoms with Crippen molar-refractivity contribution in [2.45, 2.75) is 19.5 Å². The van der Waals surface area contributed by atoms with E-state index < -0.39 is 23.5 Å². The highest BCUT2D eigenvalue weighted by Crippen LogP contribution is 2.17. The summed E-state index contributed by atoms with van der Waals surface area (Å²) in [7, 11) is 0. The number of anilines is 1. The van der Waals surface area contributed by atoms with Crippen LogP contribution < -0.4 is 10.5 Å². The molecule has 1 fully saturated rings. The van der Waals surface area contributed by atoms with E-state index in [-0.39, 0.29) is 5.69 Å². The minimum Gasteiger partial charge on any atom is -0.368 e. The molecule has 0 amide bonds. The third kappa shape index (κ3) is 4.85. The Morgan fingerprint density at radius 2 is 1.81 bits per heavy atom. The predicted octanol–water partition coefficient (Wildman–Crippen LogP) is 1.74. The van der Waals surface area contributed by atoms with Crippen LogP contribution in [0.15, 0.2) is 41.3 Å². The van der Waals surface area contributed by atoms with Gasteiger partial charge >= 0.3 is 0 Å². The van der Waals surface area contributed by atoms with E-state index in [9.17, 15) is 23.7 Å². The van der Waals surface area contributed by atoms with Crippen LogP contribution in [0.2, 0.25) is 0 Å². The molecule has 0 atom stereocenters. The van der Waals surface area contributed by atoms with Crippen LogP contribution >= 0.6 is 0 Å². The number of nitro groups is 1. The highest BCUT2D eigenvalue weighted by molar-refractivity contribution is 5.43. The van der Waals surface area contributed by atoms with Gasteiger partial charge in [0.2, 0.25) is 0 Å². The van der Waals surface area contributed by atoms with Crippen LogP contribution in [0.1, 0.15) is 5.56 Å². The first-order valence-electron chi connectivity index (χ1n) is 8.48. The maximum absolute atomic E-state index is 12.4. The molecule has 144 valence electrons. The molecule has 3 rings (SSSR count). The van der Waals surface area contributed by atoms with Crippen LogP contribution in [0, 0.1) is 10.1 Å². The van der Waals surface area contributed by atoms with Crippen LogP contribution in [0.3, 0.4) is 0 Å². The number of benzene rings is 1. The lowest BCUT2D eigenvalue weighted by Crippen LogP contribution is -2.46. The van der Waals surface area contributed by atoms with Crippen LogP contribution in [0.25, 0.3) is 0 Å². The van der Waals surface area contributed by atoms with Gasteiger partial charge in [0, 0.05) is 50.9 Å². The van der Waals surface area contributed by atoms with Gasteiger partial charge in [-0.25, -0.2) is 13.5 Å². The number of piperazine rings is 1. The quantitative estimate of drug-likeness (QED) is 0.562. The van der Waals surface area contributed by atoms with Crippen molar-refractivity contribution in [3.63, 3.8) is 0 Å². The van der Waals surface area contributed by atoms with Gasteiger partial charge in [-0.15, -0.1) is 0 Å². The molecule has 10 heteroatoms. The summed E-state index contributed by atoms with van der Waals surface area (Å²) in [5.74, 6) is 0. The Balaban J connectivity index is 1.56. The zero-order chi connectivity index (χ0) is 19.4.